The van der Waals surface area contributed by atoms with Crippen LogP contribution in [-0.2, 0) is 44.9 Å². The highest BCUT2D eigenvalue weighted by Crippen LogP contribution is 2.34. The summed E-state index contributed by atoms with van der Waals surface area (Å²) in [7, 11) is 1.52. The van der Waals surface area contributed by atoms with Crippen molar-refractivity contribution in [2.45, 2.75) is 110 Å². The maximum atomic E-state index is 13.3. The molecule has 4 heterocycles. The van der Waals surface area contributed by atoms with Gasteiger partial charge in [0.1, 0.15) is 5.75 Å². The first-order valence-electron chi connectivity index (χ1n) is 37.8. The van der Waals surface area contributed by atoms with Crippen molar-refractivity contribution in [1.82, 2.24) is 35.3 Å². The number of amides is 10. The Labute approximate surface area is 666 Å². The molecule has 1 aromatic heterocycles. The van der Waals surface area contributed by atoms with Gasteiger partial charge in [-0.15, -0.1) is 5.10 Å². The van der Waals surface area contributed by atoms with E-state index in [4.69, 9.17) is 14.9 Å². The molecule has 3 atom stereocenters. The van der Waals surface area contributed by atoms with Crippen LogP contribution in [0.2, 0.25) is 0 Å². The van der Waals surface area contributed by atoms with Crippen molar-refractivity contribution in [2.75, 3.05) is 64.0 Å². The number of H-pyrrole nitrogens is 1. The smallest absolute Gasteiger partial charge is 0.335 e. The topological polar surface area (TPSA) is 352 Å². The number of hydrogen-bond donors (Lipinski definition) is 10. The molecular weight excluding hydrogens is 1460 g/mol. The van der Waals surface area contributed by atoms with Gasteiger partial charge < -0.3 is 61.6 Å². The first-order valence-corrected chi connectivity index (χ1v) is 37.8. The van der Waals surface area contributed by atoms with Gasteiger partial charge >= 0.3 is 30.0 Å². The van der Waals surface area contributed by atoms with Gasteiger partial charge in [0, 0.05) is 65.6 Å². The molecule has 0 bridgehead atoms. The molecule has 10 amide bonds. The van der Waals surface area contributed by atoms with Gasteiger partial charge in [0.2, 0.25) is 17.7 Å². The summed E-state index contributed by atoms with van der Waals surface area (Å²) < 4.78 is 5.50. The maximum Gasteiger partial charge on any atom is 0.335 e. The Bertz CT molecular complexity index is 5180. The van der Waals surface area contributed by atoms with Gasteiger partial charge in [-0.05, 0) is 212 Å². The number of carbonyl (C=O) groups excluding carboxylic acids is 7. The number of hydrogen-bond acceptors (Lipinski definition) is 13. The molecular formula is C89H90N14O12. The minimum Gasteiger partial charge on any atom is -0.495 e. The number of rotatable bonds is 22. The number of aromatic nitrogens is 4. The lowest BCUT2D eigenvalue weighted by Gasteiger charge is -2.25. The number of aromatic amines is 1. The predicted octanol–water partition coefficient (Wildman–Crippen LogP) is 15.1. The van der Waals surface area contributed by atoms with Crippen molar-refractivity contribution in [3.8, 4) is 17.6 Å². The van der Waals surface area contributed by atoms with Gasteiger partial charge in [0.15, 0.2) is 0 Å². The Kier molecular flexibility index (Phi) is 28.5. The largest absolute Gasteiger partial charge is 0.495 e. The summed E-state index contributed by atoms with van der Waals surface area (Å²) in [6, 6.07) is 62.8. The summed E-state index contributed by atoms with van der Waals surface area (Å²) in [6.45, 7) is 7.85. The molecule has 26 heteroatoms. The third-order valence-electron chi connectivity index (χ3n) is 19.7. The second kappa shape index (κ2) is 40.1. The molecule has 3 fully saturated rings. The quantitative estimate of drug-likeness (QED) is 0.0282. The van der Waals surface area contributed by atoms with Crippen molar-refractivity contribution >= 4 is 99.8 Å². The number of carbonyl (C=O) groups is 9. The number of benzene rings is 9. The third-order valence-corrected chi connectivity index (χ3v) is 19.7. The van der Waals surface area contributed by atoms with Crippen LogP contribution in [-0.4, -0.2) is 138 Å². The molecule has 10 aromatic rings. The summed E-state index contributed by atoms with van der Waals surface area (Å²) in [5.41, 5.74) is 13.8. The van der Waals surface area contributed by atoms with Crippen LogP contribution in [0.1, 0.15) is 127 Å². The lowest BCUT2D eigenvalue weighted by atomic mass is 10.0. The average Bonchev–Trinajstić information content (AvgIpc) is 1.75. The molecule has 3 aliphatic heterocycles. The van der Waals surface area contributed by atoms with Crippen LogP contribution in [0.4, 0.5) is 54.5 Å². The molecule has 9 aromatic carbocycles. The van der Waals surface area contributed by atoms with Crippen molar-refractivity contribution < 1.29 is 58.1 Å². The van der Waals surface area contributed by atoms with E-state index in [1.165, 1.54) is 7.11 Å². The van der Waals surface area contributed by atoms with E-state index >= 15 is 0 Å². The summed E-state index contributed by atoms with van der Waals surface area (Å²) in [4.78, 5) is 116. The van der Waals surface area contributed by atoms with Crippen molar-refractivity contribution in [3.63, 3.8) is 0 Å². The molecule has 0 radical (unpaired) electrons. The zero-order valence-electron chi connectivity index (χ0n) is 64.2. The average molecular weight is 1550 g/mol. The van der Waals surface area contributed by atoms with Gasteiger partial charge in [-0.3, -0.25) is 29.3 Å². The Hall–Kier alpha value is -14.2. The molecule has 13 rings (SSSR count). The van der Waals surface area contributed by atoms with E-state index in [1.54, 1.807) is 95.9 Å². The Balaban J connectivity index is 0.000000171. The number of carboxylic acid groups (broad SMARTS) is 2. The van der Waals surface area contributed by atoms with E-state index < -0.39 is 18.0 Å². The lowest BCUT2D eigenvalue weighted by molar-refractivity contribution is -0.137. The zero-order valence-corrected chi connectivity index (χ0v) is 64.2. The molecule has 3 unspecified atom stereocenters. The zero-order chi connectivity index (χ0) is 81.2. The number of carboxylic acids is 2. The van der Waals surface area contributed by atoms with Gasteiger partial charge in [-0.1, -0.05) is 150 Å². The van der Waals surface area contributed by atoms with E-state index in [-0.39, 0.29) is 84.6 Å². The molecule has 0 aliphatic carbocycles. The maximum absolute atomic E-state index is 13.3. The minimum absolute atomic E-state index is 0.0164. The number of aliphatic carboxylic acids is 1. The Morgan fingerprint density at radius 3 is 1.54 bits per heavy atom. The SMILES string of the molecule is COc1cc(CC(=O)N2CCCC2C#Cc2ccc(C(=O)Nc3nn[nH]n3)cc2)ccc1NC(=O)Nc1ccccc1C.Cc1ccccc1NC(=O)Nc1ccc(CC(=O)N2CCCC2/C=C/c2ccc(C(=O)O)cc2)cc1.Cc1ccccc1NC(=O)Nc1ccc(CC(=O)N2CCCC2c2ccc(CCC(=O)O)cc2)cc1. The van der Waals surface area contributed by atoms with Gasteiger partial charge in [0.05, 0.1) is 55.7 Å². The number of ether oxygens (including phenoxy) is 1. The number of urea groups is 3. The van der Waals surface area contributed by atoms with Crippen LogP contribution in [0.25, 0.3) is 6.08 Å². The van der Waals surface area contributed by atoms with Crippen LogP contribution in [0, 0.1) is 32.6 Å². The van der Waals surface area contributed by atoms with Gasteiger partial charge in [-0.2, -0.15) is 5.21 Å². The van der Waals surface area contributed by atoms with Crippen LogP contribution < -0.4 is 42.0 Å². The van der Waals surface area contributed by atoms with Gasteiger partial charge in [-0.25, -0.2) is 19.2 Å². The van der Waals surface area contributed by atoms with Crippen LogP contribution in [0.5, 0.6) is 5.75 Å². The first kappa shape index (κ1) is 81.8. The summed E-state index contributed by atoms with van der Waals surface area (Å²) in [6.07, 6.45) is 10.7. The monoisotopic (exact) mass is 1550 g/mol. The number of nitrogens with one attached hydrogen (secondary N) is 8. The second-order valence-electron chi connectivity index (χ2n) is 27.9. The van der Waals surface area contributed by atoms with E-state index in [1.807, 2.05) is 164 Å². The number of para-hydroxylation sites is 3. The highest BCUT2D eigenvalue weighted by Gasteiger charge is 2.31. The van der Waals surface area contributed by atoms with Crippen molar-refractivity contribution in [1.29, 1.82) is 0 Å². The van der Waals surface area contributed by atoms with E-state index in [2.05, 4.69) is 69.7 Å². The molecule has 3 aliphatic rings. The van der Waals surface area contributed by atoms with Crippen LogP contribution in [0.15, 0.2) is 218 Å². The van der Waals surface area contributed by atoms with Gasteiger partial charge in [0.25, 0.3) is 11.9 Å². The molecule has 115 heavy (non-hydrogen) atoms. The Morgan fingerprint density at radius 2 is 0.991 bits per heavy atom. The van der Waals surface area contributed by atoms with E-state index in [0.717, 1.165) is 112 Å². The van der Waals surface area contributed by atoms with Crippen molar-refractivity contribution in [2.24, 2.45) is 0 Å². The molecule has 3 saturated heterocycles. The van der Waals surface area contributed by atoms with Crippen molar-refractivity contribution in [3.05, 3.63) is 285 Å². The molecule has 0 saturated carbocycles. The van der Waals surface area contributed by atoms with E-state index in [0.29, 0.717) is 60.0 Å². The molecule has 588 valence electrons. The number of aromatic carboxylic acids is 1. The minimum atomic E-state index is -0.951. The van der Waals surface area contributed by atoms with Crippen LogP contribution >= 0.6 is 0 Å². The standard InChI is InChI=1S/C31H30N8O4.C29H29N3O4.C29H31N3O4/c1-20-6-3-4-8-25(20)32-31(42)33-26-16-12-22(18-27(26)43-2)19-28(40)39-17-5-7-24(39)15-11-21-9-13-23(14-10-21)29(41)34-30-35-37-38-36-30;1-20-5-2-3-7-26(20)31-29(36)30-24-15-10-22(11-16-24)19-27(33)32-18-4-6-25(32)17-12-21-8-13-23(14-9-21)28(34)35;1-20-5-2-3-6-25(20)31-29(36)30-24-15-10-22(11-16-24)19-27(33)32-18-4-7-26(32)23-13-8-21(9-14-23)12-17-28(34)35/h3-4,6,8-10,12-14,16,18,24H,5,7,17,19H2,1-2H3,(H2,32,33,42)(H2,34,35,36,37,38,41);2-3,5,7-17,25H,4,6,18-19H2,1H3,(H,34,35)(H2,30,31,36);2-3,5-6,8-11,13-16,26H,4,7,12,17-19H2,1H3,(H,34,35)(H2,30,31,36)/b;17-12+;. The number of methoxy groups -OCH3 is 1. The molecule has 10 N–H and O–H groups in total. The lowest BCUT2D eigenvalue weighted by Crippen LogP contribution is -2.35. The summed E-state index contributed by atoms with van der Waals surface area (Å²) in [5, 5.41) is 50.5. The first-order chi connectivity index (χ1) is 55.7. The number of nitrogens with zero attached hydrogens (tertiary/aromatic N) is 6. The van der Waals surface area contributed by atoms with Crippen LogP contribution in [0.3, 0.4) is 0 Å². The number of aryl methyl sites for hydroxylation is 4. The number of anilines is 7. The third kappa shape index (κ3) is 23.9. The normalized spacial score (nSPS) is 14.6. The summed E-state index contributed by atoms with van der Waals surface area (Å²) >= 11 is 0. The number of likely N-dealkylation sites (tertiary alicyclic amines) is 3. The number of tetrazole rings is 1. The fourth-order valence-corrected chi connectivity index (χ4v) is 13.5. The molecule has 0 spiro atoms. The fourth-order valence-electron chi connectivity index (χ4n) is 13.5. The predicted molar refractivity (Wildman–Crippen MR) is 442 cm³/mol. The van der Waals surface area contributed by atoms with E-state index in [9.17, 15) is 43.2 Å². The molecule has 26 nitrogen and oxygen atoms in total. The fraction of sp³-hybridized carbons (Fsp3) is 0.236. The highest BCUT2D eigenvalue weighted by atomic mass is 16.5. The highest BCUT2D eigenvalue weighted by molar-refractivity contribution is 6.04. The Morgan fingerprint density at radius 1 is 0.504 bits per heavy atom. The second-order valence-corrected chi connectivity index (χ2v) is 27.9. The summed E-state index contributed by atoms with van der Waals surface area (Å²) in [5.74, 6) is 4.87.